The largest absolute Gasteiger partial charge is 0.273 e. The summed E-state index contributed by atoms with van der Waals surface area (Å²) in [6, 6.07) is 6.82. The molecule has 3 rings (SSSR count). The zero-order valence-corrected chi connectivity index (χ0v) is 13.7. The zero-order chi connectivity index (χ0) is 15.7. The first-order valence-electron chi connectivity index (χ1n) is 6.63. The van der Waals surface area contributed by atoms with E-state index < -0.39 is 0 Å². The summed E-state index contributed by atoms with van der Waals surface area (Å²) in [5, 5.41) is 13.0. The van der Waals surface area contributed by atoms with Crippen molar-refractivity contribution in [2.75, 3.05) is 0 Å². The Bertz CT molecular complexity index is 861. The molecule has 0 atom stereocenters. The Balaban J connectivity index is 1.94. The van der Waals surface area contributed by atoms with Crippen molar-refractivity contribution in [3.63, 3.8) is 0 Å². The Hall–Kier alpha value is -1.99. The number of benzene rings is 1. The fourth-order valence-corrected chi connectivity index (χ4v) is 4.33. The standard InChI is InChI=1S/C15H13N3O2S2/c1-9-10(2)22-15-13(9)14(16-8-17-15)21-7-11-5-3-4-6-12(11)18(19)20/h3-6,8H,7H2,1-2H3. The van der Waals surface area contributed by atoms with E-state index in [4.69, 9.17) is 0 Å². The molecule has 0 saturated heterocycles. The molecule has 112 valence electrons. The Kier molecular flexibility index (Phi) is 4.08. The van der Waals surface area contributed by atoms with Gasteiger partial charge in [-0.2, -0.15) is 0 Å². The average molecular weight is 331 g/mol. The fourth-order valence-electron chi connectivity index (χ4n) is 2.22. The maximum absolute atomic E-state index is 11.1. The van der Waals surface area contributed by atoms with E-state index >= 15 is 0 Å². The molecule has 0 fully saturated rings. The van der Waals surface area contributed by atoms with Crippen LogP contribution in [0.25, 0.3) is 10.2 Å². The van der Waals surface area contributed by atoms with Crippen LogP contribution in [0.3, 0.4) is 0 Å². The van der Waals surface area contributed by atoms with E-state index in [2.05, 4.69) is 23.8 Å². The number of thioether (sulfide) groups is 1. The highest BCUT2D eigenvalue weighted by Crippen LogP contribution is 2.36. The molecule has 2 heterocycles. The number of aromatic nitrogens is 2. The van der Waals surface area contributed by atoms with Gasteiger partial charge in [-0.3, -0.25) is 10.1 Å². The average Bonchev–Trinajstić information content (AvgIpc) is 2.81. The highest BCUT2D eigenvalue weighted by atomic mass is 32.2. The molecule has 2 aromatic heterocycles. The zero-order valence-electron chi connectivity index (χ0n) is 12.1. The molecule has 0 N–H and O–H groups in total. The summed E-state index contributed by atoms with van der Waals surface area (Å²) in [7, 11) is 0. The quantitative estimate of drug-likeness (QED) is 0.304. The number of thiophene rings is 1. The minimum absolute atomic E-state index is 0.151. The van der Waals surface area contributed by atoms with E-state index in [9.17, 15) is 10.1 Å². The minimum Gasteiger partial charge on any atom is -0.258 e. The molecule has 0 amide bonds. The van der Waals surface area contributed by atoms with Crippen LogP contribution < -0.4 is 0 Å². The van der Waals surface area contributed by atoms with Crippen LogP contribution in [0.2, 0.25) is 0 Å². The summed E-state index contributed by atoms with van der Waals surface area (Å²) in [5.74, 6) is 0.512. The number of hydrogen-bond acceptors (Lipinski definition) is 6. The summed E-state index contributed by atoms with van der Waals surface area (Å²) in [6.07, 6.45) is 1.56. The Morgan fingerprint density at radius 1 is 1.27 bits per heavy atom. The number of nitro groups is 1. The van der Waals surface area contributed by atoms with Crippen molar-refractivity contribution in [2.24, 2.45) is 0 Å². The summed E-state index contributed by atoms with van der Waals surface area (Å²) in [6.45, 7) is 4.13. The van der Waals surface area contributed by atoms with Crippen LogP contribution in [0.15, 0.2) is 35.6 Å². The summed E-state index contributed by atoms with van der Waals surface area (Å²) in [4.78, 5) is 21.6. The molecule has 3 aromatic rings. The summed E-state index contributed by atoms with van der Waals surface area (Å²) >= 11 is 3.16. The van der Waals surface area contributed by atoms with Gasteiger partial charge < -0.3 is 0 Å². The third kappa shape index (κ3) is 2.69. The molecule has 7 heteroatoms. The number of hydrogen-bond donors (Lipinski definition) is 0. The van der Waals surface area contributed by atoms with Gasteiger partial charge in [-0.25, -0.2) is 9.97 Å². The van der Waals surface area contributed by atoms with Crippen molar-refractivity contribution in [2.45, 2.75) is 24.6 Å². The number of nitro benzene ring substituents is 1. The monoisotopic (exact) mass is 331 g/mol. The molecule has 0 radical (unpaired) electrons. The number of rotatable bonds is 4. The molecule has 0 bridgehead atoms. The number of fused-ring (bicyclic) bond motifs is 1. The third-order valence-electron chi connectivity index (χ3n) is 3.48. The molecule has 1 aromatic carbocycles. The van der Waals surface area contributed by atoms with Crippen LogP contribution in [-0.2, 0) is 5.75 Å². The lowest BCUT2D eigenvalue weighted by Crippen LogP contribution is -1.94. The van der Waals surface area contributed by atoms with E-state index in [0.717, 1.165) is 15.2 Å². The van der Waals surface area contributed by atoms with Crippen molar-refractivity contribution < 1.29 is 4.92 Å². The highest BCUT2D eigenvalue weighted by molar-refractivity contribution is 7.98. The van der Waals surface area contributed by atoms with Gasteiger partial charge in [-0.1, -0.05) is 18.2 Å². The normalized spacial score (nSPS) is 11.0. The molecule has 22 heavy (non-hydrogen) atoms. The van der Waals surface area contributed by atoms with Crippen molar-refractivity contribution >= 4 is 39.0 Å². The van der Waals surface area contributed by atoms with Crippen LogP contribution in [0, 0.1) is 24.0 Å². The second-order valence-electron chi connectivity index (χ2n) is 4.82. The van der Waals surface area contributed by atoms with Gasteiger partial charge >= 0.3 is 0 Å². The second-order valence-corrected chi connectivity index (χ2v) is 6.98. The first-order chi connectivity index (χ1) is 10.6. The SMILES string of the molecule is Cc1sc2ncnc(SCc3ccccc3[N+](=O)[O-])c2c1C. The maximum atomic E-state index is 11.1. The molecule has 0 unspecified atom stereocenters. The molecule has 0 spiro atoms. The first kappa shape index (κ1) is 14.9. The van der Waals surface area contributed by atoms with Crippen molar-refractivity contribution in [3.05, 3.63) is 56.7 Å². The summed E-state index contributed by atoms with van der Waals surface area (Å²) < 4.78 is 0. The number of para-hydroxylation sites is 1. The van der Waals surface area contributed by atoms with E-state index in [1.807, 2.05) is 6.07 Å². The lowest BCUT2D eigenvalue weighted by atomic mass is 10.2. The smallest absolute Gasteiger partial charge is 0.258 e. The van der Waals surface area contributed by atoms with Gasteiger partial charge in [0.15, 0.2) is 0 Å². The van der Waals surface area contributed by atoms with E-state index in [1.165, 1.54) is 28.3 Å². The van der Waals surface area contributed by atoms with Crippen LogP contribution in [0.4, 0.5) is 5.69 Å². The number of nitrogens with zero attached hydrogens (tertiary/aromatic N) is 3. The van der Waals surface area contributed by atoms with Crippen LogP contribution in [0.1, 0.15) is 16.0 Å². The lowest BCUT2D eigenvalue weighted by Gasteiger charge is -2.04. The van der Waals surface area contributed by atoms with Crippen molar-refractivity contribution in [1.82, 2.24) is 9.97 Å². The van der Waals surface area contributed by atoms with Crippen molar-refractivity contribution in [1.29, 1.82) is 0 Å². The fraction of sp³-hybridized carbons (Fsp3) is 0.200. The topological polar surface area (TPSA) is 68.9 Å². The predicted molar refractivity (Wildman–Crippen MR) is 89.5 cm³/mol. The van der Waals surface area contributed by atoms with Crippen molar-refractivity contribution in [3.8, 4) is 0 Å². The minimum atomic E-state index is -0.342. The number of aryl methyl sites for hydroxylation is 2. The Labute approximate surface area is 135 Å². The van der Waals surface area contributed by atoms with Gasteiger partial charge in [0.25, 0.3) is 5.69 Å². The van der Waals surface area contributed by atoms with Gasteiger partial charge in [-0.15, -0.1) is 23.1 Å². The van der Waals surface area contributed by atoms with Crippen LogP contribution in [-0.4, -0.2) is 14.9 Å². The molecular weight excluding hydrogens is 318 g/mol. The first-order valence-corrected chi connectivity index (χ1v) is 8.44. The summed E-state index contributed by atoms with van der Waals surface area (Å²) in [5.41, 5.74) is 2.04. The van der Waals surface area contributed by atoms with E-state index in [0.29, 0.717) is 11.3 Å². The van der Waals surface area contributed by atoms with Gasteiger partial charge in [0, 0.05) is 27.6 Å². The Morgan fingerprint density at radius 3 is 2.82 bits per heavy atom. The van der Waals surface area contributed by atoms with E-state index in [1.54, 1.807) is 29.8 Å². The van der Waals surface area contributed by atoms with Crippen LogP contribution in [0.5, 0.6) is 0 Å². The molecule has 0 aliphatic heterocycles. The molecule has 5 nitrogen and oxygen atoms in total. The Morgan fingerprint density at radius 2 is 2.05 bits per heavy atom. The molecular formula is C15H13N3O2S2. The van der Waals surface area contributed by atoms with Gasteiger partial charge in [0.1, 0.15) is 16.2 Å². The third-order valence-corrected chi connectivity index (χ3v) is 5.64. The molecule has 0 aliphatic carbocycles. The molecule has 0 saturated carbocycles. The van der Waals surface area contributed by atoms with E-state index in [-0.39, 0.29) is 10.6 Å². The van der Waals surface area contributed by atoms with Gasteiger partial charge in [-0.05, 0) is 19.4 Å². The maximum Gasteiger partial charge on any atom is 0.273 e. The lowest BCUT2D eigenvalue weighted by molar-refractivity contribution is -0.385. The van der Waals surface area contributed by atoms with Crippen LogP contribution >= 0.6 is 23.1 Å². The predicted octanol–water partition coefficient (Wildman–Crippen LogP) is 4.51. The second kappa shape index (κ2) is 6.02. The van der Waals surface area contributed by atoms with Gasteiger partial charge in [0.2, 0.25) is 0 Å². The molecule has 0 aliphatic rings. The highest BCUT2D eigenvalue weighted by Gasteiger charge is 2.16. The van der Waals surface area contributed by atoms with Gasteiger partial charge in [0.05, 0.1) is 4.92 Å².